The molecule has 1 aliphatic heterocycles. The van der Waals surface area contributed by atoms with Gasteiger partial charge < -0.3 is 4.74 Å². The molecule has 1 unspecified atom stereocenters. The summed E-state index contributed by atoms with van der Waals surface area (Å²) in [6.07, 6.45) is -4.61. The third-order valence-electron chi connectivity index (χ3n) is 4.77. The number of benzene rings is 2. The van der Waals surface area contributed by atoms with E-state index in [0.29, 0.717) is 18.4 Å². The summed E-state index contributed by atoms with van der Waals surface area (Å²) in [5, 5.41) is 0.958. The Kier molecular flexibility index (Phi) is 4.95. The minimum absolute atomic E-state index is 0.0487. The molecule has 0 aliphatic carbocycles. The van der Waals surface area contributed by atoms with Gasteiger partial charge in [0.15, 0.2) is 0 Å². The van der Waals surface area contributed by atoms with Crippen LogP contribution in [0.4, 0.5) is 13.2 Å². The molecule has 152 valence electrons. The van der Waals surface area contributed by atoms with Crippen molar-refractivity contribution in [2.45, 2.75) is 23.6 Å². The molecule has 1 atom stereocenters. The second-order valence-corrected chi connectivity index (χ2v) is 8.70. The van der Waals surface area contributed by atoms with Crippen LogP contribution in [0.2, 0.25) is 0 Å². The Bertz CT molecular complexity index is 1150. The van der Waals surface area contributed by atoms with Crippen molar-refractivity contribution >= 4 is 20.9 Å². The minimum Gasteiger partial charge on any atom is -0.473 e. The average Bonchev–Trinajstić information content (AvgIpc) is 3.17. The van der Waals surface area contributed by atoms with Gasteiger partial charge in [-0.15, -0.1) is 0 Å². The van der Waals surface area contributed by atoms with Gasteiger partial charge >= 0.3 is 6.18 Å². The predicted molar refractivity (Wildman–Crippen MR) is 101 cm³/mol. The topological polar surface area (TPSA) is 59.5 Å². The first kappa shape index (κ1) is 19.7. The molecule has 0 spiro atoms. The van der Waals surface area contributed by atoms with Crippen LogP contribution in [-0.4, -0.2) is 36.9 Å². The Morgan fingerprint density at radius 2 is 1.83 bits per heavy atom. The standard InChI is InChI=1S/C20H17F3N2O3S/c21-20(22,23)15-5-3-6-17(12-15)29(26,27)25-11-10-16(13-25)28-19-9-8-14-4-1-2-7-18(14)24-19/h1-9,12,16H,10-11,13H2. The molecule has 29 heavy (non-hydrogen) atoms. The van der Waals surface area contributed by atoms with Crippen LogP contribution < -0.4 is 4.74 Å². The van der Waals surface area contributed by atoms with Gasteiger partial charge in [-0.3, -0.25) is 0 Å². The molecule has 1 fully saturated rings. The van der Waals surface area contributed by atoms with Crippen molar-refractivity contribution in [1.29, 1.82) is 0 Å². The number of ether oxygens (including phenoxy) is 1. The molecular weight excluding hydrogens is 405 g/mol. The van der Waals surface area contributed by atoms with Gasteiger partial charge in [0.25, 0.3) is 0 Å². The van der Waals surface area contributed by atoms with Gasteiger partial charge in [0.05, 0.1) is 22.5 Å². The van der Waals surface area contributed by atoms with Crippen LogP contribution in [0.15, 0.2) is 65.6 Å². The number of rotatable bonds is 4. The van der Waals surface area contributed by atoms with Crippen molar-refractivity contribution in [2.24, 2.45) is 0 Å². The van der Waals surface area contributed by atoms with Crippen molar-refractivity contribution in [3.63, 3.8) is 0 Å². The van der Waals surface area contributed by atoms with Gasteiger partial charge in [-0.2, -0.15) is 17.5 Å². The molecule has 0 amide bonds. The maximum absolute atomic E-state index is 12.9. The van der Waals surface area contributed by atoms with E-state index in [0.717, 1.165) is 27.3 Å². The molecule has 1 aromatic heterocycles. The fraction of sp³-hybridized carbons (Fsp3) is 0.250. The molecule has 1 aliphatic rings. The monoisotopic (exact) mass is 422 g/mol. The first-order chi connectivity index (χ1) is 13.7. The number of pyridine rings is 1. The lowest BCUT2D eigenvalue weighted by Crippen LogP contribution is -2.31. The molecular formula is C20H17F3N2O3S. The number of nitrogens with zero attached hydrogens (tertiary/aromatic N) is 2. The van der Waals surface area contributed by atoms with Crippen LogP contribution >= 0.6 is 0 Å². The molecule has 0 saturated carbocycles. The van der Waals surface area contributed by atoms with Crippen LogP contribution in [0.1, 0.15) is 12.0 Å². The minimum atomic E-state index is -4.61. The van der Waals surface area contributed by atoms with Gasteiger partial charge in [-0.1, -0.05) is 24.3 Å². The number of hydrogen-bond acceptors (Lipinski definition) is 4. The van der Waals surface area contributed by atoms with Crippen molar-refractivity contribution in [2.75, 3.05) is 13.1 Å². The molecule has 2 aromatic carbocycles. The van der Waals surface area contributed by atoms with Crippen molar-refractivity contribution < 1.29 is 26.3 Å². The lowest BCUT2D eigenvalue weighted by Gasteiger charge is -2.18. The Morgan fingerprint density at radius 1 is 1.03 bits per heavy atom. The zero-order valence-electron chi connectivity index (χ0n) is 15.1. The fourth-order valence-corrected chi connectivity index (χ4v) is 4.81. The smallest absolute Gasteiger partial charge is 0.416 e. The maximum Gasteiger partial charge on any atom is 0.416 e. The molecule has 1 saturated heterocycles. The van der Waals surface area contributed by atoms with E-state index in [-0.39, 0.29) is 18.0 Å². The number of aromatic nitrogens is 1. The Hall–Kier alpha value is -2.65. The van der Waals surface area contributed by atoms with Crippen molar-refractivity contribution in [3.8, 4) is 5.88 Å². The normalized spacial score (nSPS) is 18.2. The summed E-state index contributed by atoms with van der Waals surface area (Å²) in [7, 11) is -4.05. The van der Waals surface area contributed by atoms with E-state index in [4.69, 9.17) is 4.74 Å². The van der Waals surface area contributed by atoms with Gasteiger partial charge in [-0.05, 0) is 36.8 Å². The number of halogens is 3. The SMILES string of the molecule is O=S(=O)(c1cccc(C(F)(F)F)c1)N1CCC(Oc2ccc3ccccc3n2)C1. The molecule has 3 aromatic rings. The fourth-order valence-electron chi connectivity index (χ4n) is 3.28. The highest BCUT2D eigenvalue weighted by Gasteiger charge is 2.36. The summed E-state index contributed by atoms with van der Waals surface area (Å²) in [5.41, 5.74) is -0.234. The molecule has 0 bridgehead atoms. The number of para-hydroxylation sites is 1. The molecule has 0 radical (unpaired) electrons. The highest BCUT2D eigenvalue weighted by molar-refractivity contribution is 7.89. The zero-order valence-corrected chi connectivity index (χ0v) is 15.9. The van der Waals surface area contributed by atoms with Gasteiger partial charge in [0.2, 0.25) is 15.9 Å². The number of sulfonamides is 1. The molecule has 2 heterocycles. The Balaban J connectivity index is 1.50. The van der Waals surface area contributed by atoms with Crippen molar-refractivity contribution in [1.82, 2.24) is 9.29 Å². The van der Waals surface area contributed by atoms with E-state index in [1.54, 1.807) is 6.07 Å². The van der Waals surface area contributed by atoms with Crippen LogP contribution in [0.3, 0.4) is 0 Å². The molecule has 4 rings (SSSR count). The van der Waals surface area contributed by atoms with Gasteiger partial charge in [0, 0.05) is 18.0 Å². The van der Waals surface area contributed by atoms with Crippen LogP contribution in [0.5, 0.6) is 5.88 Å². The average molecular weight is 422 g/mol. The van der Waals surface area contributed by atoms with Crippen LogP contribution in [0, 0.1) is 0 Å². The Labute approximate surface area is 165 Å². The molecule has 0 N–H and O–H groups in total. The third-order valence-corrected chi connectivity index (χ3v) is 6.63. The maximum atomic E-state index is 12.9. The highest BCUT2D eigenvalue weighted by Crippen LogP contribution is 2.32. The second-order valence-electron chi connectivity index (χ2n) is 6.76. The first-order valence-electron chi connectivity index (χ1n) is 8.93. The third kappa shape index (κ3) is 4.06. The number of alkyl halides is 3. The van der Waals surface area contributed by atoms with E-state index < -0.39 is 27.9 Å². The van der Waals surface area contributed by atoms with E-state index >= 15 is 0 Å². The number of fused-ring (bicyclic) bond motifs is 1. The van der Waals surface area contributed by atoms with E-state index in [1.807, 2.05) is 30.3 Å². The van der Waals surface area contributed by atoms with Gasteiger partial charge in [-0.25, -0.2) is 13.4 Å². The van der Waals surface area contributed by atoms with E-state index in [9.17, 15) is 21.6 Å². The zero-order chi connectivity index (χ0) is 20.6. The predicted octanol–water partition coefficient (Wildman–Crippen LogP) is 4.10. The van der Waals surface area contributed by atoms with Crippen LogP contribution in [-0.2, 0) is 16.2 Å². The molecule has 5 nitrogen and oxygen atoms in total. The highest BCUT2D eigenvalue weighted by atomic mass is 32.2. The first-order valence-corrected chi connectivity index (χ1v) is 10.4. The van der Waals surface area contributed by atoms with Crippen molar-refractivity contribution in [3.05, 3.63) is 66.2 Å². The van der Waals surface area contributed by atoms with Gasteiger partial charge in [0.1, 0.15) is 6.10 Å². The lowest BCUT2D eigenvalue weighted by atomic mass is 10.2. The molecule has 9 heteroatoms. The lowest BCUT2D eigenvalue weighted by molar-refractivity contribution is -0.137. The summed E-state index contributed by atoms with van der Waals surface area (Å²) in [6, 6.07) is 14.9. The second kappa shape index (κ2) is 7.31. The number of hydrogen-bond donors (Lipinski definition) is 0. The summed E-state index contributed by atoms with van der Waals surface area (Å²) in [5.74, 6) is 0.381. The summed E-state index contributed by atoms with van der Waals surface area (Å²) >= 11 is 0. The van der Waals surface area contributed by atoms with E-state index in [2.05, 4.69) is 4.98 Å². The largest absolute Gasteiger partial charge is 0.473 e. The van der Waals surface area contributed by atoms with E-state index in [1.165, 1.54) is 6.07 Å². The Morgan fingerprint density at radius 3 is 2.62 bits per heavy atom. The quantitative estimate of drug-likeness (QED) is 0.635. The summed E-state index contributed by atoms with van der Waals surface area (Å²) < 4.78 is 71.3. The summed E-state index contributed by atoms with van der Waals surface area (Å²) in [6.45, 7) is 0.212. The summed E-state index contributed by atoms with van der Waals surface area (Å²) in [4.78, 5) is 4.03. The van der Waals surface area contributed by atoms with Crippen LogP contribution in [0.25, 0.3) is 10.9 Å².